The summed E-state index contributed by atoms with van der Waals surface area (Å²) in [5.41, 5.74) is 4.73. The minimum atomic E-state index is -0.372. The lowest BCUT2D eigenvalue weighted by atomic mass is 10.0. The van der Waals surface area contributed by atoms with Crippen LogP contribution in [0.15, 0.2) is 78.5 Å². The van der Waals surface area contributed by atoms with Gasteiger partial charge in [0.25, 0.3) is 11.8 Å². The van der Waals surface area contributed by atoms with Crippen molar-refractivity contribution in [2.75, 3.05) is 17.3 Å². The van der Waals surface area contributed by atoms with E-state index in [1.807, 2.05) is 55.5 Å². The SMILES string of the molecule is CCc1ccc(N2C(=O)C(Nc3ccccc3C)=C(c3ccc(OC)cc3)C2=O)cc1. The van der Waals surface area contributed by atoms with Crippen LogP contribution >= 0.6 is 0 Å². The maximum absolute atomic E-state index is 13.5. The standard InChI is InChI=1S/C26H24N2O3/c1-4-18-9-13-20(14-10-18)28-25(29)23(19-11-15-21(31-3)16-12-19)24(26(28)30)27-22-8-6-5-7-17(22)2/h5-16,27H,4H2,1-3H3. The van der Waals surface area contributed by atoms with Crippen LogP contribution in [0.4, 0.5) is 11.4 Å². The Bertz CT molecular complexity index is 1160. The molecule has 1 aliphatic heterocycles. The monoisotopic (exact) mass is 412 g/mol. The van der Waals surface area contributed by atoms with Crippen molar-refractivity contribution in [1.29, 1.82) is 0 Å². The molecule has 5 nitrogen and oxygen atoms in total. The third-order valence-corrected chi connectivity index (χ3v) is 5.47. The Hall–Kier alpha value is -3.86. The van der Waals surface area contributed by atoms with E-state index in [0.29, 0.717) is 22.6 Å². The maximum Gasteiger partial charge on any atom is 0.282 e. The average Bonchev–Trinajstić information content (AvgIpc) is 3.04. The lowest BCUT2D eigenvalue weighted by molar-refractivity contribution is -0.120. The Balaban J connectivity index is 1.80. The highest BCUT2D eigenvalue weighted by molar-refractivity contribution is 6.46. The minimum Gasteiger partial charge on any atom is -0.497 e. The molecular formula is C26H24N2O3. The first-order valence-corrected chi connectivity index (χ1v) is 10.2. The number of ether oxygens (including phenoxy) is 1. The Morgan fingerprint density at radius 1 is 0.871 bits per heavy atom. The van der Waals surface area contributed by atoms with Crippen LogP contribution in [0.3, 0.4) is 0 Å². The number of aryl methyl sites for hydroxylation is 2. The number of imide groups is 1. The second-order valence-electron chi connectivity index (χ2n) is 7.38. The van der Waals surface area contributed by atoms with Crippen LogP contribution in [-0.2, 0) is 16.0 Å². The van der Waals surface area contributed by atoms with Gasteiger partial charge in [0.05, 0.1) is 18.4 Å². The van der Waals surface area contributed by atoms with E-state index < -0.39 is 0 Å². The summed E-state index contributed by atoms with van der Waals surface area (Å²) in [7, 11) is 1.59. The molecule has 3 aromatic rings. The summed E-state index contributed by atoms with van der Waals surface area (Å²) < 4.78 is 5.24. The smallest absolute Gasteiger partial charge is 0.282 e. The van der Waals surface area contributed by atoms with Gasteiger partial charge < -0.3 is 10.1 Å². The molecular weight excluding hydrogens is 388 g/mol. The average molecular weight is 412 g/mol. The number of nitrogens with one attached hydrogen (secondary N) is 1. The molecule has 156 valence electrons. The molecule has 2 amide bonds. The third-order valence-electron chi connectivity index (χ3n) is 5.47. The Labute approximate surface area is 182 Å². The van der Waals surface area contributed by atoms with Gasteiger partial charge in [-0.25, -0.2) is 4.90 Å². The fourth-order valence-electron chi connectivity index (χ4n) is 3.63. The topological polar surface area (TPSA) is 58.6 Å². The summed E-state index contributed by atoms with van der Waals surface area (Å²) in [5.74, 6) is -0.0413. The fourth-order valence-corrected chi connectivity index (χ4v) is 3.63. The second-order valence-corrected chi connectivity index (χ2v) is 7.38. The van der Waals surface area contributed by atoms with Gasteiger partial charge in [-0.1, -0.05) is 49.4 Å². The molecule has 0 unspecified atom stereocenters. The Kier molecular flexibility index (Phi) is 5.58. The molecule has 1 N–H and O–H groups in total. The molecule has 5 heteroatoms. The number of benzene rings is 3. The first-order chi connectivity index (χ1) is 15.0. The number of carbonyl (C=O) groups excluding carboxylic acids is 2. The van der Waals surface area contributed by atoms with Gasteiger partial charge >= 0.3 is 0 Å². The van der Waals surface area contributed by atoms with Crippen molar-refractivity contribution in [2.24, 2.45) is 0 Å². The third kappa shape index (κ3) is 3.82. The van der Waals surface area contributed by atoms with Gasteiger partial charge in [0, 0.05) is 5.69 Å². The molecule has 0 saturated carbocycles. The Morgan fingerprint density at radius 2 is 1.55 bits per heavy atom. The van der Waals surface area contributed by atoms with Crippen molar-refractivity contribution < 1.29 is 14.3 Å². The highest BCUT2D eigenvalue weighted by Gasteiger charge is 2.40. The summed E-state index contributed by atoms with van der Waals surface area (Å²) in [6, 6.07) is 22.3. The number of anilines is 2. The fraction of sp³-hybridized carbons (Fsp3) is 0.154. The van der Waals surface area contributed by atoms with Crippen molar-refractivity contribution in [2.45, 2.75) is 20.3 Å². The van der Waals surface area contributed by atoms with Crippen LogP contribution in [0.1, 0.15) is 23.6 Å². The number of para-hydroxylation sites is 1. The van der Waals surface area contributed by atoms with E-state index in [0.717, 1.165) is 23.2 Å². The molecule has 0 saturated heterocycles. The molecule has 3 aromatic carbocycles. The summed E-state index contributed by atoms with van der Waals surface area (Å²) >= 11 is 0. The van der Waals surface area contributed by atoms with Crippen LogP contribution in [0, 0.1) is 6.92 Å². The van der Waals surface area contributed by atoms with Crippen LogP contribution < -0.4 is 15.0 Å². The quantitative estimate of drug-likeness (QED) is 0.581. The number of hydrogen-bond donors (Lipinski definition) is 1. The van der Waals surface area contributed by atoms with Crippen LogP contribution in [0.5, 0.6) is 5.75 Å². The van der Waals surface area contributed by atoms with E-state index in [2.05, 4.69) is 12.2 Å². The van der Waals surface area contributed by atoms with Crippen LogP contribution in [0.25, 0.3) is 5.57 Å². The maximum atomic E-state index is 13.5. The zero-order valence-corrected chi connectivity index (χ0v) is 17.8. The Morgan fingerprint density at radius 3 is 2.16 bits per heavy atom. The minimum absolute atomic E-state index is 0.268. The molecule has 0 aromatic heterocycles. The van der Waals surface area contributed by atoms with Gasteiger partial charge in [0.15, 0.2) is 0 Å². The molecule has 1 aliphatic rings. The van der Waals surface area contributed by atoms with E-state index >= 15 is 0 Å². The molecule has 0 radical (unpaired) electrons. The number of hydrogen-bond acceptors (Lipinski definition) is 4. The molecule has 0 aliphatic carbocycles. The number of rotatable bonds is 6. The van der Waals surface area contributed by atoms with Gasteiger partial charge in [-0.15, -0.1) is 0 Å². The summed E-state index contributed by atoms with van der Waals surface area (Å²) in [4.78, 5) is 28.2. The molecule has 1 heterocycles. The van der Waals surface area contributed by atoms with E-state index in [1.165, 1.54) is 4.90 Å². The molecule has 0 atom stereocenters. The molecule has 4 rings (SSSR count). The summed E-state index contributed by atoms with van der Waals surface area (Å²) in [6.45, 7) is 4.02. The molecule has 0 spiro atoms. The molecule has 0 fully saturated rings. The predicted molar refractivity (Wildman–Crippen MR) is 123 cm³/mol. The van der Waals surface area contributed by atoms with Crippen LogP contribution in [0.2, 0.25) is 0 Å². The number of carbonyl (C=O) groups is 2. The number of nitrogens with zero attached hydrogens (tertiary/aromatic N) is 1. The lowest BCUT2D eigenvalue weighted by Gasteiger charge is -2.16. The normalized spacial score (nSPS) is 13.7. The van der Waals surface area contributed by atoms with Crippen molar-refractivity contribution in [3.05, 3.63) is 95.2 Å². The van der Waals surface area contributed by atoms with E-state index in [4.69, 9.17) is 4.74 Å². The van der Waals surface area contributed by atoms with E-state index in [9.17, 15) is 9.59 Å². The van der Waals surface area contributed by atoms with Crippen molar-refractivity contribution >= 4 is 28.8 Å². The van der Waals surface area contributed by atoms with E-state index in [1.54, 1.807) is 31.4 Å². The highest BCUT2D eigenvalue weighted by atomic mass is 16.5. The second kappa shape index (κ2) is 8.48. The van der Waals surface area contributed by atoms with Crippen molar-refractivity contribution in [3.63, 3.8) is 0 Å². The van der Waals surface area contributed by atoms with Crippen LogP contribution in [-0.4, -0.2) is 18.9 Å². The zero-order valence-electron chi connectivity index (χ0n) is 17.8. The number of methoxy groups -OCH3 is 1. The summed E-state index contributed by atoms with van der Waals surface area (Å²) in [6.07, 6.45) is 0.887. The number of amides is 2. The molecule has 0 bridgehead atoms. The van der Waals surface area contributed by atoms with Crippen molar-refractivity contribution in [3.8, 4) is 5.75 Å². The van der Waals surface area contributed by atoms with Gasteiger partial charge in [-0.05, 0) is 60.4 Å². The summed E-state index contributed by atoms with van der Waals surface area (Å²) in [5, 5.41) is 3.23. The van der Waals surface area contributed by atoms with Gasteiger partial charge in [-0.3, -0.25) is 9.59 Å². The van der Waals surface area contributed by atoms with E-state index in [-0.39, 0.29) is 17.5 Å². The molecule has 31 heavy (non-hydrogen) atoms. The van der Waals surface area contributed by atoms with Gasteiger partial charge in [0.2, 0.25) is 0 Å². The first-order valence-electron chi connectivity index (χ1n) is 10.2. The zero-order chi connectivity index (χ0) is 22.0. The lowest BCUT2D eigenvalue weighted by Crippen LogP contribution is -2.32. The largest absolute Gasteiger partial charge is 0.497 e. The first kappa shape index (κ1) is 20.4. The van der Waals surface area contributed by atoms with Crippen molar-refractivity contribution in [1.82, 2.24) is 0 Å². The predicted octanol–water partition coefficient (Wildman–Crippen LogP) is 4.96. The van der Waals surface area contributed by atoms with Gasteiger partial charge in [-0.2, -0.15) is 0 Å². The van der Waals surface area contributed by atoms with Gasteiger partial charge in [0.1, 0.15) is 11.4 Å². The highest BCUT2D eigenvalue weighted by Crippen LogP contribution is 2.35.